The third kappa shape index (κ3) is 3.31. The molecule has 10 heteroatoms. The van der Waals surface area contributed by atoms with Crippen LogP contribution in [0.5, 0.6) is 0 Å². The molecule has 0 aromatic carbocycles. The summed E-state index contributed by atoms with van der Waals surface area (Å²) in [6.45, 7) is -0.324. The number of nitrogens with zero attached hydrogens (tertiary/aromatic N) is 3. The highest BCUT2D eigenvalue weighted by Gasteiger charge is 2.51. The Labute approximate surface area is 129 Å². The number of hydrogen-bond acceptors (Lipinski definition) is 4. The van der Waals surface area contributed by atoms with E-state index in [4.69, 9.17) is 0 Å². The van der Waals surface area contributed by atoms with E-state index in [1.807, 2.05) is 0 Å². The Balaban J connectivity index is 2.29. The molecule has 7 nitrogen and oxygen atoms in total. The van der Waals surface area contributed by atoms with Crippen LogP contribution in [0.25, 0.3) is 0 Å². The number of alkyl halides is 3. The summed E-state index contributed by atoms with van der Waals surface area (Å²) in [6.07, 6.45) is -3.40. The van der Waals surface area contributed by atoms with Gasteiger partial charge in [0.1, 0.15) is 5.69 Å². The van der Waals surface area contributed by atoms with Crippen LogP contribution in [0.1, 0.15) is 0 Å². The second-order valence-corrected chi connectivity index (χ2v) is 5.77. The number of hydrogen-bond donors (Lipinski definition) is 1. The van der Waals surface area contributed by atoms with Crippen LogP contribution in [0.2, 0.25) is 0 Å². The Morgan fingerprint density at radius 3 is 2.39 bits per heavy atom. The molecule has 0 bridgehead atoms. The maximum absolute atomic E-state index is 13.0. The van der Waals surface area contributed by atoms with Crippen molar-refractivity contribution in [1.82, 2.24) is 14.0 Å². The monoisotopic (exact) mass is 334 g/mol. The third-order valence-electron chi connectivity index (χ3n) is 3.96. The fourth-order valence-electron chi connectivity index (χ4n) is 2.72. The summed E-state index contributed by atoms with van der Waals surface area (Å²) in [4.78, 5) is 37.1. The van der Waals surface area contributed by atoms with Gasteiger partial charge in [0, 0.05) is 33.4 Å². The van der Waals surface area contributed by atoms with Crippen LogP contribution >= 0.6 is 0 Å². The Morgan fingerprint density at radius 1 is 1.22 bits per heavy atom. The minimum atomic E-state index is -4.50. The summed E-state index contributed by atoms with van der Waals surface area (Å²) in [6, 6.07) is 0. The molecule has 2 heterocycles. The lowest BCUT2D eigenvalue weighted by Gasteiger charge is -2.20. The molecule has 1 fully saturated rings. The maximum atomic E-state index is 13.0. The van der Waals surface area contributed by atoms with Crippen molar-refractivity contribution in [2.75, 3.05) is 25.5 Å². The van der Waals surface area contributed by atoms with Crippen LogP contribution < -0.4 is 16.6 Å². The van der Waals surface area contributed by atoms with Crippen molar-refractivity contribution in [3.05, 3.63) is 27.0 Å². The van der Waals surface area contributed by atoms with Crippen molar-refractivity contribution < 1.29 is 18.0 Å². The number of rotatable bonds is 2. The molecule has 0 saturated carbocycles. The Kier molecular flexibility index (Phi) is 4.38. The molecule has 1 saturated heterocycles. The first-order valence-electron chi connectivity index (χ1n) is 6.85. The van der Waals surface area contributed by atoms with Crippen LogP contribution in [0.3, 0.4) is 0 Å². The van der Waals surface area contributed by atoms with E-state index in [2.05, 4.69) is 5.32 Å². The number of likely N-dealkylation sites (tertiary alicyclic amines) is 1. The summed E-state index contributed by atoms with van der Waals surface area (Å²) in [5.41, 5.74) is -1.59. The molecule has 0 spiro atoms. The molecule has 1 N–H and O–H groups in total. The molecule has 1 amide bonds. The second kappa shape index (κ2) is 5.84. The number of nitrogens with one attached hydrogen (secondary N) is 1. The van der Waals surface area contributed by atoms with E-state index in [9.17, 15) is 27.6 Å². The van der Waals surface area contributed by atoms with Crippen molar-refractivity contribution in [2.24, 2.45) is 25.9 Å². The van der Waals surface area contributed by atoms with Crippen LogP contribution in [0, 0.1) is 11.8 Å². The van der Waals surface area contributed by atoms with Gasteiger partial charge < -0.3 is 14.8 Å². The molecule has 23 heavy (non-hydrogen) atoms. The molecule has 0 radical (unpaired) electrons. The lowest BCUT2D eigenvalue weighted by atomic mass is 9.94. The van der Waals surface area contributed by atoms with E-state index in [1.165, 1.54) is 26.0 Å². The minimum Gasteiger partial charge on any atom is -0.320 e. The molecule has 128 valence electrons. The molecule has 1 aliphatic heterocycles. The van der Waals surface area contributed by atoms with Crippen molar-refractivity contribution in [1.29, 1.82) is 0 Å². The molecule has 1 aromatic heterocycles. The zero-order chi connectivity index (χ0) is 17.5. The predicted octanol–water partition coefficient (Wildman–Crippen LogP) is -0.237. The Morgan fingerprint density at radius 2 is 1.83 bits per heavy atom. The highest BCUT2D eigenvalue weighted by molar-refractivity contribution is 5.92. The molecule has 2 atom stereocenters. The van der Waals surface area contributed by atoms with Gasteiger partial charge in [-0.3, -0.25) is 14.2 Å². The van der Waals surface area contributed by atoms with Gasteiger partial charge in [0.15, 0.2) is 0 Å². The minimum absolute atomic E-state index is 0.0535. The quantitative estimate of drug-likeness (QED) is 0.810. The average Bonchev–Trinajstić information content (AvgIpc) is 2.84. The van der Waals surface area contributed by atoms with Crippen molar-refractivity contribution in [3.63, 3.8) is 0 Å². The van der Waals surface area contributed by atoms with E-state index < -0.39 is 35.2 Å². The molecule has 1 aliphatic rings. The van der Waals surface area contributed by atoms with Gasteiger partial charge in [-0.05, 0) is 7.05 Å². The fourth-order valence-corrected chi connectivity index (χ4v) is 2.72. The van der Waals surface area contributed by atoms with Gasteiger partial charge in [-0.1, -0.05) is 0 Å². The molecular weight excluding hydrogens is 317 g/mol. The van der Waals surface area contributed by atoms with E-state index in [-0.39, 0.29) is 18.8 Å². The Hall–Kier alpha value is -2.10. The topological polar surface area (TPSA) is 76.3 Å². The molecule has 0 aliphatic carbocycles. The first-order valence-corrected chi connectivity index (χ1v) is 6.85. The lowest BCUT2D eigenvalue weighted by molar-refractivity contribution is -0.182. The molecule has 0 unspecified atom stereocenters. The highest BCUT2D eigenvalue weighted by Crippen LogP contribution is 2.37. The summed E-state index contributed by atoms with van der Waals surface area (Å²) >= 11 is 0. The zero-order valence-electron chi connectivity index (χ0n) is 12.8. The van der Waals surface area contributed by atoms with Crippen LogP contribution in [-0.4, -0.2) is 46.3 Å². The van der Waals surface area contributed by atoms with Crippen LogP contribution in [0.15, 0.2) is 15.8 Å². The van der Waals surface area contributed by atoms with E-state index >= 15 is 0 Å². The number of carbonyl (C=O) groups excluding carboxylic acids is 1. The van der Waals surface area contributed by atoms with E-state index in [1.54, 1.807) is 0 Å². The largest absolute Gasteiger partial charge is 0.393 e. The van der Waals surface area contributed by atoms with E-state index in [0.29, 0.717) is 0 Å². The number of halogens is 3. The first-order chi connectivity index (χ1) is 10.5. The summed E-state index contributed by atoms with van der Waals surface area (Å²) in [7, 11) is 4.10. The summed E-state index contributed by atoms with van der Waals surface area (Å²) in [5.74, 6) is -3.97. The van der Waals surface area contributed by atoms with Gasteiger partial charge in [0.25, 0.3) is 5.56 Å². The fraction of sp³-hybridized carbons (Fsp3) is 0.615. The normalized spacial score (nSPS) is 22.3. The smallest absolute Gasteiger partial charge is 0.320 e. The number of aromatic nitrogens is 2. The number of carbonyl (C=O) groups is 1. The van der Waals surface area contributed by atoms with Crippen LogP contribution in [0.4, 0.5) is 18.9 Å². The average molecular weight is 334 g/mol. The number of anilines is 1. The van der Waals surface area contributed by atoms with Crippen LogP contribution in [-0.2, 0) is 18.9 Å². The number of amides is 1. The predicted molar refractivity (Wildman–Crippen MR) is 76.1 cm³/mol. The van der Waals surface area contributed by atoms with Crippen molar-refractivity contribution in [3.8, 4) is 0 Å². The second-order valence-electron chi connectivity index (χ2n) is 5.77. The van der Waals surface area contributed by atoms with Gasteiger partial charge in [0.05, 0.1) is 11.8 Å². The molecule has 1 aromatic rings. The third-order valence-corrected chi connectivity index (χ3v) is 3.96. The van der Waals surface area contributed by atoms with Gasteiger partial charge in [-0.15, -0.1) is 0 Å². The molecular formula is C13H17F3N4O3. The van der Waals surface area contributed by atoms with Gasteiger partial charge in [-0.25, -0.2) is 4.79 Å². The zero-order valence-corrected chi connectivity index (χ0v) is 12.8. The summed E-state index contributed by atoms with van der Waals surface area (Å²) < 4.78 is 40.9. The molecule has 2 rings (SSSR count). The maximum Gasteiger partial charge on any atom is 0.393 e. The van der Waals surface area contributed by atoms with Gasteiger partial charge >= 0.3 is 11.9 Å². The standard InChI is InChI=1S/C13H17F3N4O3/c1-18-4-7(8(5-18)13(14,15)16)10(21)17-9-6-19(2)12(23)20(3)11(9)22/h6-8H,4-5H2,1-3H3,(H,17,21)/t7-,8-/m1/s1. The number of aryl methyl sites for hydroxylation is 1. The lowest BCUT2D eigenvalue weighted by Crippen LogP contribution is -2.41. The first kappa shape index (κ1) is 17.3. The SMILES string of the molecule is CN1C[C@@H](C(F)(F)F)[C@H](C(=O)Nc2cn(C)c(=O)n(C)c2=O)C1. The highest BCUT2D eigenvalue weighted by atomic mass is 19.4. The van der Waals surface area contributed by atoms with Crippen molar-refractivity contribution >= 4 is 11.6 Å². The Bertz CT molecular complexity index is 737. The van der Waals surface area contributed by atoms with Gasteiger partial charge in [-0.2, -0.15) is 13.2 Å². The van der Waals surface area contributed by atoms with Crippen molar-refractivity contribution in [2.45, 2.75) is 6.18 Å². The van der Waals surface area contributed by atoms with Gasteiger partial charge in [0.2, 0.25) is 5.91 Å². The summed E-state index contributed by atoms with van der Waals surface area (Å²) in [5, 5.41) is 2.22. The van der Waals surface area contributed by atoms with E-state index in [0.717, 1.165) is 15.3 Å².